The lowest BCUT2D eigenvalue weighted by molar-refractivity contribution is -0.115. The van der Waals surface area contributed by atoms with Crippen LogP contribution in [0.4, 0.5) is 0 Å². The normalized spacial score (nSPS) is 24.1. The number of aryl methyl sites for hydroxylation is 1. The van der Waals surface area contributed by atoms with Gasteiger partial charge in [-0.05, 0) is 48.0 Å². The van der Waals surface area contributed by atoms with Crippen LogP contribution in [0.25, 0.3) is 5.57 Å². The molecule has 0 bridgehead atoms. The molecule has 15 heavy (non-hydrogen) atoms. The summed E-state index contributed by atoms with van der Waals surface area (Å²) in [6, 6.07) is 8.50. The molecule has 0 amide bonds. The van der Waals surface area contributed by atoms with Crippen LogP contribution in [0.3, 0.4) is 0 Å². The van der Waals surface area contributed by atoms with E-state index in [1.807, 2.05) is 6.08 Å². The van der Waals surface area contributed by atoms with Crippen molar-refractivity contribution in [2.45, 2.75) is 25.7 Å². The summed E-state index contributed by atoms with van der Waals surface area (Å²) in [5.41, 5.74) is 4.03. The first-order valence-corrected chi connectivity index (χ1v) is 5.67. The lowest BCUT2D eigenvalue weighted by Gasteiger charge is -2.30. The van der Waals surface area contributed by atoms with Crippen molar-refractivity contribution in [1.29, 1.82) is 0 Å². The zero-order chi connectivity index (χ0) is 10.3. The molecule has 2 aliphatic carbocycles. The monoisotopic (exact) mass is 198 g/mol. The van der Waals surface area contributed by atoms with E-state index in [0.717, 1.165) is 12.8 Å². The van der Waals surface area contributed by atoms with Crippen LogP contribution in [0.5, 0.6) is 0 Å². The zero-order valence-electron chi connectivity index (χ0n) is 8.70. The number of hydrogen-bond acceptors (Lipinski definition) is 1. The highest BCUT2D eigenvalue weighted by Gasteiger charge is 2.27. The van der Waals surface area contributed by atoms with Gasteiger partial charge in [0, 0.05) is 6.42 Å². The van der Waals surface area contributed by atoms with E-state index in [9.17, 15) is 4.79 Å². The highest BCUT2D eigenvalue weighted by Crippen LogP contribution is 2.40. The van der Waals surface area contributed by atoms with Gasteiger partial charge >= 0.3 is 0 Å². The van der Waals surface area contributed by atoms with Gasteiger partial charge in [0.15, 0.2) is 5.78 Å². The lowest BCUT2D eigenvalue weighted by Crippen LogP contribution is -2.19. The Morgan fingerprint density at radius 3 is 2.80 bits per heavy atom. The second-order valence-electron chi connectivity index (χ2n) is 4.50. The number of fused-ring (bicyclic) bond motifs is 3. The topological polar surface area (TPSA) is 17.1 Å². The fourth-order valence-corrected chi connectivity index (χ4v) is 2.78. The number of carbonyl (C=O) groups is 1. The molecular formula is C14H14O. The first kappa shape index (κ1) is 8.90. The molecule has 0 fully saturated rings. The van der Waals surface area contributed by atoms with Crippen LogP contribution in [-0.4, -0.2) is 5.78 Å². The molecule has 0 saturated heterocycles. The first-order valence-electron chi connectivity index (χ1n) is 5.67. The molecule has 76 valence electrons. The molecule has 2 aliphatic rings. The summed E-state index contributed by atoms with van der Waals surface area (Å²) in [6.07, 6.45) is 6.07. The Balaban J connectivity index is 2.14. The summed E-state index contributed by atoms with van der Waals surface area (Å²) in [5.74, 6) is 0.940. The quantitative estimate of drug-likeness (QED) is 0.626. The summed E-state index contributed by atoms with van der Waals surface area (Å²) >= 11 is 0. The Morgan fingerprint density at radius 2 is 1.87 bits per heavy atom. The average molecular weight is 198 g/mol. The van der Waals surface area contributed by atoms with Crippen molar-refractivity contribution < 1.29 is 4.79 Å². The number of carbonyl (C=O) groups excluding carboxylic acids is 1. The molecule has 0 aromatic heterocycles. The van der Waals surface area contributed by atoms with Gasteiger partial charge in [0.05, 0.1) is 0 Å². The number of rotatable bonds is 0. The third-order valence-corrected chi connectivity index (χ3v) is 3.59. The van der Waals surface area contributed by atoms with E-state index in [0.29, 0.717) is 11.7 Å². The van der Waals surface area contributed by atoms with Gasteiger partial charge < -0.3 is 0 Å². The minimum Gasteiger partial charge on any atom is -0.295 e. The Morgan fingerprint density at radius 1 is 1.07 bits per heavy atom. The molecule has 1 unspecified atom stereocenters. The van der Waals surface area contributed by atoms with Gasteiger partial charge in [0.1, 0.15) is 0 Å². The van der Waals surface area contributed by atoms with E-state index in [2.05, 4.69) is 24.3 Å². The summed E-state index contributed by atoms with van der Waals surface area (Å²) in [7, 11) is 0. The molecule has 1 nitrogen and oxygen atoms in total. The van der Waals surface area contributed by atoms with Crippen molar-refractivity contribution in [2.75, 3.05) is 0 Å². The predicted molar refractivity (Wildman–Crippen MR) is 60.5 cm³/mol. The Kier molecular flexibility index (Phi) is 1.98. The molecule has 0 saturated carbocycles. The summed E-state index contributed by atoms with van der Waals surface area (Å²) < 4.78 is 0. The molecule has 0 heterocycles. The maximum absolute atomic E-state index is 11.5. The number of hydrogen-bond donors (Lipinski definition) is 0. The molecule has 0 spiro atoms. The van der Waals surface area contributed by atoms with Crippen LogP contribution < -0.4 is 0 Å². The van der Waals surface area contributed by atoms with Gasteiger partial charge in [0.2, 0.25) is 0 Å². The van der Waals surface area contributed by atoms with Crippen LogP contribution in [-0.2, 0) is 11.2 Å². The molecule has 1 atom stereocenters. The van der Waals surface area contributed by atoms with Crippen LogP contribution >= 0.6 is 0 Å². The molecule has 0 N–H and O–H groups in total. The minimum absolute atomic E-state index is 0.304. The predicted octanol–water partition coefficient (Wildman–Crippen LogP) is 3.00. The third-order valence-electron chi connectivity index (χ3n) is 3.59. The van der Waals surface area contributed by atoms with Crippen LogP contribution in [0, 0.1) is 5.92 Å². The summed E-state index contributed by atoms with van der Waals surface area (Å²) in [6.45, 7) is 0. The van der Waals surface area contributed by atoms with Gasteiger partial charge in [-0.25, -0.2) is 0 Å². The fourth-order valence-electron chi connectivity index (χ4n) is 2.78. The number of benzene rings is 1. The average Bonchev–Trinajstić information content (AvgIpc) is 2.29. The van der Waals surface area contributed by atoms with Crippen molar-refractivity contribution in [3.05, 3.63) is 41.5 Å². The molecule has 1 aromatic carbocycles. The molecule has 0 radical (unpaired) electrons. The van der Waals surface area contributed by atoms with Crippen LogP contribution in [0.1, 0.15) is 30.4 Å². The van der Waals surface area contributed by atoms with E-state index < -0.39 is 0 Å². The molecule has 1 heteroatoms. The highest BCUT2D eigenvalue weighted by atomic mass is 16.1. The van der Waals surface area contributed by atoms with Crippen molar-refractivity contribution >= 4 is 11.4 Å². The molecule has 0 aliphatic heterocycles. The number of allylic oxidation sites excluding steroid dienone is 2. The fraction of sp³-hybridized carbons (Fsp3) is 0.357. The van der Waals surface area contributed by atoms with E-state index in [-0.39, 0.29) is 0 Å². The van der Waals surface area contributed by atoms with Crippen molar-refractivity contribution in [3.63, 3.8) is 0 Å². The molecule has 1 aromatic rings. The largest absolute Gasteiger partial charge is 0.295 e. The van der Waals surface area contributed by atoms with Gasteiger partial charge in [-0.3, -0.25) is 4.79 Å². The molecular weight excluding hydrogens is 184 g/mol. The molecule has 3 rings (SSSR count). The van der Waals surface area contributed by atoms with Gasteiger partial charge in [0.25, 0.3) is 0 Å². The van der Waals surface area contributed by atoms with E-state index in [1.165, 1.54) is 29.5 Å². The third kappa shape index (κ3) is 1.43. The van der Waals surface area contributed by atoms with E-state index in [4.69, 9.17) is 0 Å². The van der Waals surface area contributed by atoms with Gasteiger partial charge in [-0.1, -0.05) is 24.3 Å². The summed E-state index contributed by atoms with van der Waals surface area (Å²) in [4.78, 5) is 11.5. The second kappa shape index (κ2) is 3.34. The van der Waals surface area contributed by atoms with Crippen molar-refractivity contribution in [1.82, 2.24) is 0 Å². The van der Waals surface area contributed by atoms with Gasteiger partial charge in [-0.15, -0.1) is 0 Å². The lowest BCUT2D eigenvalue weighted by atomic mass is 9.74. The van der Waals surface area contributed by atoms with Gasteiger partial charge in [-0.2, -0.15) is 0 Å². The van der Waals surface area contributed by atoms with Crippen molar-refractivity contribution in [3.8, 4) is 0 Å². The highest BCUT2D eigenvalue weighted by molar-refractivity contribution is 5.99. The second-order valence-corrected chi connectivity index (χ2v) is 4.50. The van der Waals surface area contributed by atoms with E-state index >= 15 is 0 Å². The standard InChI is InChI=1S/C14H14O/c15-12-8-7-11-6-5-10-3-1-2-4-13(10)14(11)9-12/h1-4,9,11H,5-8H2. The minimum atomic E-state index is 0.304. The van der Waals surface area contributed by atoms with Crippen LogP contribution in [0.2, 0.25) is 0 Å². The first-order chi connectivity index (χ1) is 7.34. The smallest absolute Gasteiger partial charge is 0.156 e. The maximum atomic E-state index is 11.5. The Bertz CT molecular complexity index is 442. The van der Waals surface area contributed by atoms with Crippen molar-refractivity contribution in [2.24, 2.45) is 5.92 Å². The zero-order valence-corrected chi connectivity index (χ0v) is 8.70. The van der Waals surface area contributed by atoms with Crippen LogP contribution in [0.15, 0.2) is 30.3 Å². The SMILES string of the molecule is O=C1C=C2c3ccccc3CCC2CC1. The maximum Gasteiger partial charge on any atom is 0.156 e. The van der Waals surface area contributed by atoms with E-state index in [1.54, 1.807) is 0 Å². The Labute approximate surface area is 89.8 Å². The Hall–Kier alpha value is -1.37. The number of ketones is 1. The summed E-state index contributed by atoms with van der Waals surface area (Å²) in [5, 5.41) is 0.